The Balaban J connectivity index is 2.07. The van der Waals surface area contributed by atoms with Gasteiger partial charge in [0.15, 0.2) is 0 Å². The third kappa shape index (κ3) is 4.08. The number of aliphatic hydroxyl groups excluding tert-OH is 1. The Bertz CT molecular complexity index is 598. The molecule has 2 rings (SSSR count). The summed E-state index contributed by atoms with van der Waals surface area (Å²) in [6.07, 6.45) is 3.89. The van der Waals surface area contributed by atoms with Crippen LogP contribution < -0.4 is 10.1 Å². The zero-order valence-electron chi connectivity index (χ0n) is 12.7. The number of carbonyl (C=O) groups is 1. The SMILES string of the molecule is CCC(C)Oc1cc(C(=O)NC(CO)c2ccco2)ccn1. The molecule has 0 aromatic carbocycles. The van der Waals surface area contributed by atoms with E-state index in [9.17, 15) is 9.90 Å². The summed E-state index contributed by atoms with van der Waals surface area (Å²) < 4.78 is 10.8. The average molecular weight is 304 g/mol. The molecular weight excluding hydrogens is 284 g/mol. The lowest BCUT2D eigenvalue weighted by Gasteiger charge is -2.15. The van der Waals surface area contributed by atoms with Gasteiger partial charge in [0.25, 0.3) is 5.91 Å². The van der Waals surface area contributed by atoms with Crippen molar-refractivity contribution < 1.29 is 19.1 Å². The van der Waals surface area contributed by atoms with Crippen LogP contribution in [0.25, 0.3) is 0 Å². The number of hydrogen-bond donors (Lipinski definition) is 2. The standard InChI is InChI=1S/C16H20N2O4/c1-3-11(2)22-15-9-12(6-7-17-15)16(20)18-13(10-19)14-5-4-8-21-14/h4-9,11,13,19H,3,10H2,1-2H3,(H,18,20). The molecule has 1 amide bonds. The van der Waals surface area contributed by atoms with Crippen molar-refractivity contribution in [3.8, 4) is 5.88 Å². The summed E-state index contributed by atoms with van der Waals surface area (Å²) in [7, 11) is 0. The van der Waals surface area contributed by atoms with Crippen molar-refractivity contribution >= 4 is 5.91 Å². The van der Waals surface area contributed by atoms with E-state index in [1.54, 1.807) is 24.3 Å². The third-order valence-corrected chi connectivity index (χ3v) is 3.27. The number of pyridine rings is 1. The first-order valence-corrected chi connectivity index (χ1v) is 7.21. The van der Waals surface area contributed by atoms with Gasteiger partial charge in [0, 0.05) is 17.8 Å². The lowest BCUT2D eigenvalue weighted by atomic mass is 10.2. The van der Waals surface area contributed by atoms with E-state index in [0.29, 0.717) is 17.2 Å². The molecule has 2 atom stereocenters. The fraction of sp³-hybridized carbons (Fsp3) is 0.375. The molecule has 0 aliphatic rings. The Morgan fingerprint density at radius 2 is 2.32 bits per heavy atom. The van der Waals surface area contributed by atoms with E-state index in [0.717, 1.165) is 6.42 Å². The Hall–Kier alpha value is -2.34. The molecule has 22 heavy (non-hydrogen) atoms. The maximum absolute atomic E-state index is 12.3. The van der Waals surface area contributed by atoms with Crippen molar-refractivity contribution in [2.45, 2.75) is 32.4 Å². The van der Waals surface area contributed by atoms with Crippen molar-refractivity contribution in [2.24, 2.45) is 0 Å². The molecule has 2 N–H and O–H groups in total. The zero-order valence-corrected chi connectivity index (χ0v) is 12.7. The summed E-state index contributed by atoms with van der Waals surface area (Å²) in [5, 5.41) is 12.1. The van der Waals surface area contributed by atoms with Gasteiger partial charge in [-0.05, 0) is 31.5 Å². The van der Waals surface area contributed by atoms with Gasteiger partial charge >= 0.3 is 0 Å². The summed E-state index contributed by atoms with van der Waals surface area (Å²) in [6.45, 7) is 3.70. The van der Waals surface area contributed by atoms with Crippen LogP contribution in [0.2, 0.25) is 0 Å². The maximum atomic E-state index is 12.3. The number of nitrogens with zero attached hydrogens (tertiary/aromatic N) is 1. The first-order valence-electron chi connectivity index (χ1n) is 7.21. The number of aromatic nitrogens is 1. The van der Waals surface area contributed by atoms with Crippen LogP contribution in [0.3, 0.4) is 0 Å². The van der Waals surface area contributed by atoms with Gasteiger partial charge in [-0.1, -0.05) is 6.92 Å². The third-order valence-electron chi connectivity index (χ3n) is 3.27. The van der Waals surface area contributed by atoms with E-state index < -0.39 is 6.04 Å². The zero-order chi connectivity index (χ0) is 15.9. The Kier molecular flexibility index (Phi) is 5.55. The maximum Gasteiger partial charge on any atom is 0.252 e. The number of carbonyl (C=O) groups excluding carboxylic acids is 1. The first kappa shape index (κ1) is 16.0. The Labute approximate surface area is 129 Å². The smallest absolute Gasteiger partial charge is 0.252 e. The van der Waals surface area contributed by atoms with E-state index in [4.69, 9.17) is 9.15 Å². The molecule has 0 saturated heterocycles. The minimum Gasteiger partial charge on any atom is -0.475 e. The number of amides is 1. The molecule has 2 unspecified atom stereocenters. The molecule has 2 aromatic heterocycles. The van der Waals surface area contributed by atoms with Crippen LogP contribution in [0.5, 0.6) is 5.88 Å². The predicted molar refractivity (Wildman–Crippen MR) is 80.6 cm³/mol. The molecule has 2 heterocycles. The van der Waals surface area contributed by atoms with Gasteiger partial charge < -0.3 is 19.6 Å². The molecule has 6 heteroatoms. The highest BCUT2D eigenvalue weighted by atomic mass is 16.5. The van der Waals surface area contributed by atoms with Crippen LogP contribution >= 0.6 is 0 Å². The van der Waals surface area contributed by atoms with Crippen LogP contribution in [-0.4, -0.2) is 28.7 Å². The summed E-state index contributed by atoms with van der Waals surface area (Å²) in [6, 6.07) is 5.99. The quantitative estimate of drug-likeness (QED) is 0.820. The van der Waals surface area contributed by atoms with Gasteiger partial charge in [0.2, 0.25) is 5.88 Å². The van der Waals surface area contributed by atoms with Crippen molar-refractivity contribution in [1.29, 1.82) is 0 Å². The predicted octanol–water partition coefficient (Wildman–Crippen LogP) is 2.32. The van der Waals surface area contributed by atoms with Crippen LogP contribution in [0.1, 0.15) is 42.4 Å². The number of furan rings is 1. The van der Waals surface area contributed by atoms with Gasteiger partial charge in [-0.2, -0.15) is 0 Å². The largest absolute Gasteiger partial charge is 0.475 e. The minimum atomic E-state index is -0.588. The Morgan fingerprint density at radius 1 is 1.50 bits per heavy atom. The lowest BCUT2D eigenvalue weighted by Crippen LogP contribution is -2.30. The minimum absolute atomic E-state index is 0.0270. The molecule has 0 saturated carbocycles. The highest BCUT2D eigenvalue weighted by Gasteiger charge is 2.18. The fourth-order valence-electron chi connectivity index (χ4n) is 1.84. The summed E-state index contributed by atoms with van der Waals surface area (Å²) in [5.41, 5.74) is 0.415. The average Bonchev–Trinajstić information content (AvgIpc) is 3.06. The molecule has 0 bridgehead atoms. The second-order valence-corrected chi connectivity index (χ2v) is 4.94. The topological polar surface area (TPSA) is 84.6 Å². The molecule has 0 fully saturated rings. The molecular formula is C16H20N2O4. The number of hydrogen-bond acceptors (Lipinski definition) is 5. The van der Waals surface area contributed by atoms with Crippen molar-refractivity contribution in [3.63, 3.8) is 0 Å². The van der Waals surface area contributed by atoms with Gasteiger partial charge in [0.05, 0.1) is 19.0 Å². The second-order valence-electron chi connectivity index (χ2n) is 4.94. The van der Waals surface area contributed by atoms with Gasteiger partial charge in [-0.25, -0.2) is 4.98 Å². The number of aliphatic hydroxyl groups is 1. The van der Waals surface area contributed by atoms with Crippen LogP contribution in [0.15, 0.2) is 41.1 Å². The summed E-state index contributed by atoms with van der Waals surface area (Å²) >= 11 is 0. The van der Waals surface area contributed by atoms with E-state index in [1.165, 1.54) is 12.5 Å². The van der Waals surface area contributed by atoms with Gasteiger partial charge in [0.1, 0.15) is 11.8 Å². The molecule has 0 radical (unpaired) electrons. The second kappa shape index (κ2) is 7.61. The van der Waals surface area contributed by atoms with Crippen molar-refractivity contribution in [1.82, 2.24) is 10.3 Å². The molecule has 0 aliphatic heterocycles. The van der Waals surface area contributed by atoms with E-state index in [-0.39, 0.29) is 18.6 Å². The Morgan fingerprint density at radius 3 is 2.95 bits per heavy atom. The van der Waals surface area contributed by atoms with Gasteiger partial charge in [-0.15, -0.1) is 0 Å². The number of rotatable bonds is 7. The first-order chi connectivity index (χ1) is 10.6. The van der Waals surface area contributed by atoms with E-state index in [1.807, 2.05) is 13.8 Å². The molecule has 0 spiro atoms. The van der Waals surface area contributed by atoms with E-state index in [2.05, 4.69) is 10.3 Å². The highest BCUT2D eigenvalue weighted by Crippen LogP contribution is 2.16. The number of ether oxygens (including phenoxy) is 1. The summed E-state index contributed by atoms with van der Waals surface area (Å²) in [4.78, 5) is 16.4. The van der Waals surface area contributed by atoms with Crippen molar-refractivity contribution in [3.05, 3.63) is 48.0 Å². The molecule has 118 valence electrons. The van der Waals surface area contributed by atoms with Crippen molar-refractivity contribution in [2.75, 3.05) is 6.61 Å². The fourth-order valence-corrected chi connectivity index (χ4v) is 1.84. The monoisotopic (exact) mass is 304 g/mol. The lowest BCUT2D eigenvalue weighted by molar-refractivity contribution is 0.0906. The van der Waals surface area contributed by atoms with E-state index >= 15 is 0 Å². The summed E-state index contributed by atoms with van der Waals surface area (Å²) in [5.74, 6) is 0.577. The van der Waals surface area contributed by atoms with Crippen LogP contribution in [0, 0.1) is 0 Å². The molecule has 2 aromatic rings. The normalized spacial score (nSPS) is 13.4. The molecule has 0 aliphatic carbocycles. The number of nitrogens with one attached hydrogen (secondary N) is 1. The highest BCUT2D eigenvalue weighted by molar-refractivity contribution is 5.94. The van der Waals surface area contributed by atoms with Gasteiger partial charge in [-0.3, -0.25) is 4.79 Å². The molecule has 6 nitrogen and oxygen atoms in total. The van der Waals surface area contributed by atoms with Crippen LogP contribution in [0.4, 0.5) is 0 Å². The van der Waals surface area contributed by atoms with Crippen LogP contribution in [-0.2, 0) is 0 Å².